The van der Waals surface area contributed by atoms with Crippen molar-refractivity contribution < 1.29 is 9.15 Å². The summed E-state index contributed by atoms with van der Waals surface area (Å²) in [5, 5.41) is 11.0. The Morgan fingerprint density at radius 1 is 1.21 bits per heavy atom. The smallest absolute Gasteiger partial charge is 0.284 e. The summed E-state index contributed by atoms with van der Waals surface area (Å²) in [5.41, 5.74) is 7.70. The van der Waals surface area contributed by atoms with Crippen molar-refractivity contribution >= 4 is 21.7 Å². The molecule has 0 amide bonds. The predicted molar refractivity (Wildman–Crippen MR) is 69.9 cm³/mol. The van der Waals surface area contributed by atoms with Gasteiger partial charge in [-0.25, -0.2) is 4.63 Å². The van der Waals surface area contributed by atoms with Crippen LogP contribution in [0.15, 0.2) is 31.8 Å². The monoisotopic (exact) mass is 321 g/mol. The van der Waals surface area contributed by atoms with Crippen LogP contribution in [0.1, 0.15) is 5.56 Å². The molecule has 0 aliphatic heterocycles. The van der Waals surface area contributed by atoms with Gasteiger partial charge in [0.1, 0.15) is 0 Å². The summed E-state index contributed by atoms with van der Waals surface area (Å²) in [4.78, 5) is 4.24. The van der Waals surface area contributed by atoms with E-state index in [4.69, 9.17) is 10.3 Å². The van der Waals surface area contributed by atoms with Crippen LogP contribution in [-0.4, -0.2) is 20.5 Å². The first-order valence-corrected chi connectivity index (χ1v) is 6.13. The van der Waals surface area contributed by atoms with Crippen LogP contribution in [0.2, 0.25) is 0 Å². The fraction of sp³-hybridized carbons (Fsp3) is 0.0909. The largest absolute Gasteiger partial charge is 0.379 e. The number of nitrogen functional groups attached to an aromatic ring is 1. The van der Waals surface area contributed by atoms with Crippen molar-refractivity contribution in [3.05, 3.63) is 28.2 Å². The molecule has 2 N–H and O–H groups in total. The Hall–Kier alpha value is -2.22. The van der Waals surface area contributed by atoms with Crippen molar-refractivity contribution in [2.45, 2.75) is 6.92 Å². The molecule has 2 aromatic heterocycles. The Labute approximate surface area is 115 Å². The number of anilines is 1. The minimum Gasteiger partial charge on any atom is -0.379 e. The molecule has 0 aliphatic carbocycles. The van der Waals surface area contributed by atoms with Gasteiger partial charge in [-0.1, -0.05) is 21.1 Å². The van der Waals surface area contributed by atoms with Gasteiger partial charge >= 0.3 is 0 Å². The van der Waals surface area contributed by atoms with Gasteiger partial charge in [-0.2, -0.15) is 4.98 Å². The van der Waals surface area contributed by atoms with Gasteiger partial charge in [-0.05, 0) is 41.0 Å². The van der Waals surface area contributed by atoms with Gasteiger partial charge in [-0.3, -0.25) is 0 Å². The van der Waals surface area contributed by atoms with E-state index in [1.54, 1.807) is 0 Å². The zero-order chi connectivity index (χ0) is 13.4. The molecule has 3 rings (SSSR count). The van der Waals surface area contributed by atoms with Gasteiger partial charge in [0.2, 0.25) is 17.3 Å². The molecule has 0 saturated heterocycles. The number of halogens is 1. The van der Waals surface area contributed by atoms with E-state index in [-0.39, 0.29) is 17.4 Å². The van der Waals surface area contributed by atoms with Gasteiger partial charge in [0.05, 0.1) is 0 Å². The Kier molecular flexibility index (Phi) is 2.79. The molecule has 19 heavy (non-hydrogen) atoms. The zero-order valence-corrected chi connectivity index (χ0v) is 11.4. The summed E-state index contributed by atoms with van der Waals surface area (Å²) >= 11 is 3.40. The molecule has 0 fully saturated rings. The van der Waals surface area contributed by atoms with Crippen molar-refractivity contribution in [3.63, 3.8) is 0 Å². The Morgan fingerprint density at radius 3 is 2.74 bits per heavy atom. The molecule has 0 unspecified atom stereocenters. The molecule has 2 heterocycles. The lowest BCUT2D eigenvalue weighted by Crippen LogP contribution is -1.89. The quantitative estimate of drug-likeness (QED) is 0.772. The average Bonchev–Trinajstić information content (AvgIpc) is 2.97. The number of aryl methyl sites for hydroxylation is 1. The van der Waals surface area contributed by atoms with Gasteiger partial charge in [-0.15, -0.1) is 0 Å². The Bertz CT molecular complexity index is 736. The van der Waals surface area contributed by atoms with Gasteiger partial charge in [0.15, 0.2) is 0 Å². The second-order valence-corrected chi connectivity index (χ2v) is 4.80. The minimum atomic E-state index is 0.114. The van der Waals surface area contributed by atoms with Gasteiger partial charge < -0.3 is 10.3 Å². The molecule has 0 spiro atoms. The molecule has 0 aliphatic rings. The van der Waals surface area contributed by atoms with E-state index in [9.17, 15) is 0 Å². The van der Waals surface area contributed by atoms with Crippen molar-refractivity contribution in [2.24, 2.45) is 0 Å². The molecular formula is C11H8BrN5O2. The SMILES string of the molecule is Cc1cc(Br)ccc1-c1noc(-c2nonc2N)n1. The molecule has 0 atom stereocenters. The highest BCUT2D eigenvalue weighted by Gasteiger charge is 2.18. The van der Waals surface area contributed by atoms with E-state index in [0.29, 0.717) is 5.82 Å². The number of hydrogen-bond acceptors (Lipinski definition) is 7. The molecule has 96 valence electrons. The number of hydrogen-bond donors (Lipinski definition) is 1. The molecule has 0 radical (unpaired) electrons. The number of aromatic nitrogens is 4. The first-order chi connectivity index (χ1) is 9.15. The van der Waals surface area contributed by atoms with E-state index in [0.717, 1.165) is 15.6 Å². The van der Waals surface area contributed by atoms with Crippen LogP contribution in [0.25, 0.3) is 23.0 Å². The molecule has 7 nitrogen and oxygen atoms in total. The summed E-state index contributed by atoms with van der Waals surface area (Å²) in [6, 6.07) is 5.78. The lowest BCUT2D eigenvalue weighted by Gasteiger charge is -2.00. The van der Waals surface area contributed by atoms with Crippen LogP contribution in [-0.2, 0) is 0 Å². The first-order valence-electron chi connectivity index (χ1n) is 5.34. The third-order valence-corrected chi connectivity index (χ3v) is 3.07. The van der Waals surface area contributed by atoms with E-state index in [1.807, 2.05) is 25.1 Å². The summed E-state index contributed by atoms with van der Waals surface area (Å²) in [5.74, 6) is 0.751. The first kappa shape index (κ1) is 11.8. The molecule has 8 heteroatoms. The fourth-order valence-electron chi connectivity index (χ4n) is 1.65. The normalized spacial score (nSPS) is 10.8. The van der Waals surface area contributed by atoms with Crippen LogP contribution in [0.5, 0.6) is 0 Å². The van der Waals surface area contributed by atoms with Crippen LogP contribution < -0.4 is 5.73 Å². The van der Waals surface area contributed by atoms with Crippen LogP contribution in [0.4, 0.5) is 5.82 Å². The number of nitrogens with zero attached hydrogens (tertiary/aromatic N) is 4. The van der Waals surface area contributed by atoms with E-state index >= 15 is 0 Å². The number of rotatable bonds is 2. The lowest BCUT2D eigenvalue weighted by molar-refractivity contribution is 0.308. The second kappa shape index (κ2) is 4.47. The molecule has 0 saturated carbocycles. The van der Waals surface area contributed by atoms with Gasteiger partial charge in [0, 0.05) is 10.0 Å². The summed E-state index contributed by atoms with van der Waals surface area (Å²) in [6.07, 6.45) is 0. The third kappa shape index (κ3) is 2.10. The molecule has 0 bridgehead atoms. The lowest BCUT2D eigenvalue weighted by atomic mass is 10.1. The summed E-state index contributed by atoms with van der Waals surface area (Å²) < 4.78 is 10.6. The summed E-state index contributed by atoms with van der Waals surface area (Å²) in [7, 11) is 0. The van der Waals surface area contributed by atoms with E-state index < -0.39 is 0 Å². The van der Waals surface area contributed by atoms with E-state index in [1.165, 1.54) is 0 Å². The van der Waals surface area contributed by atoms with Crippen molar-refractivity contribution in [1.29, 1.82) is 0 Å². The molecule has 3 aromatic rings. The average molecular weight is 322 g/mol. The second-order valence-electron chi connectivity index (χ2n) is 3.88. The molecular weight excluding hydrogens is 314 g/mol. The maximum Gasteiger partial charge on any atom is 0.284 e. The number of benzene rings is 1. The van der Waals surface area contributed by atoms with Crippen LogP contribution in [0.3, 0.4) is 0 Å². The highest BCUT2D eigenvalue weighted by Crippen LogP contribution is 2.27. The van der Waals surface area contributed by atoms with Crippen LogP contribution in [0, 0.1) is 6.92 Å². The zero-order valence-electron chi connectivity index (χ0n) is 9.79. The van der Waals surface area contributed by atoms with Crippen molar-refractivity contribution in [2.75, 3.05) is 5.73 Å². The van der Waals surface area contributed by atoms with Crippen molar-refractivity contribution in [3.8, 4) is 23.0 Å². The predicted octanol–water partition coefficient (Wildman–Crippen LogP) is 2.44. The maximum atomic E-state index is 5.57. The van der Waals surface area contributed by atoms with E-state index in [2.05, 4.69) is 41.0 Å². The maximum absolute atomic E-state index is 5.57. The fourth-order valence-corrected chi connectivity index (χ4v) is 2.13. The Balaban J connectivity index is 2.04. The standard InChI is InChI=1S/C11H8BrN5O2/c1-5-4-6(12)2-3-7(5)10-14-11(18-17-10)8-9(13)16-19-15-8/h2-4H,1H3,(H2,13,16). The third-order valence-electron chi connectivity index (χ3n) is 2.57. The summed E-state index contributed by atoms with van der Waals surface area (Å²) in [6.45, 7) is 1.96. The van der Waals surface area contributed by atoms with Crippen molar-refractivity contribution in [1.82, 2.24) is 20.5 Å². The highest BCUT2D eigenvalue weighted by atomic mass is 79.9. The minimum absolute atomic E-state index is 0.114. The van der Waals surface area contributed by atoms with Gasteiger partial charge in [0.25, 0.3) is 5.89 Å². The molecule has 1 aromatic carbocycles. The highest BCUT2D eigenvalue weighted by molar-refractivity contribution is 9.10. The number of nitrogens with two attached hydrogens (primary N) is 1. The topological polar surface area (TPSA) is 104 Å². The Morgan fingerprint density at radius 2 is 2.05 bits per heavy atom. The van der Waals surface area contributed by atoms with Crippen LogP contribution >= 0.6 is 15.9 Å².